The van der Waals surface area contributed by atoms with Crippen LogP contribution in [-0.2, 0) is 18.3 Å². The number of para-hydroxylation sites is 1. The van der Waals surface area contributed by atoms with E-state index >= 15 is 0 Å². The van der Waals surface area contributed by atoms with Gasteiger partial charge in [0.2, 0.25) is 5.91 Å². The summed E-state index contributed by atoms with van der Waals surface area (Å²) in [6, 6.07) is 19.0. The van der Waals surface area contributed by atoms with Crippen LogP contribution in [0.25, 0.3) is 22.2 Å². The quantitative estimate of drug-likeness (QED) is 0.0750. The summed E-state index contributed by atoms with van der Waals surface area (Å²) < 4.78 is 1.62. The molecule has 1 aliphatic carbocycles. The summed E-state index contributed by atoms with van der Waals surface area (Å²) in [5.41, 5.74) is 14.0. The van der Waals surface area contributed by atoms with Crippen LogP contribution in [0.1, 0.15) is 141 Å². The topological polar surface area (TPSA) is 88.0 Å². The van der Waals surface area contributed by atoms with Crippen LogP contribution in [0.15, 0.2) is 65.6 Å². The Balaban J connectivity index is 0.000000398. The third-order valence-corrected chi connectivity index (χ3v) is 10.7. The van der Waals surface area contributed by atoms with Crippen LogP contribution in [0.5, 0.6) is 0 Å². The maximum absolute atomic E-state index is 13.5. The number of hydrogen-bond acceptors (Lipinski definition) is 5. The summed E-state index contributed by atoms with van der Waals surface area (Å²) in [5.74, 6) is 1.69. The van der Waals surface area contributed by atoms with Crippen molar-refractivity contribution in [2.24, 2.45) is 13.0 Å². The van der Waals surface area contributed by atoms with Gasteiger partial charge in [-0.2, -0.15) is 0 Å². The molecule has 3 N–H and O–H groups in total. The maximum atomic E-state index is 13.5. The Labute approximate surface area is 314 Å². The lowest BCUT2D eigenvalue weighted by Gasteiger charge is -2.25. The highest BCUT2D eigenvalue weighted by molar-refractivity contribution is 5.95. The van der Waals surface area contributed by atoms with Crippen molar-refractivity contribution in [3.05, 3.63) is 93.4 Å². The number of anilines is 1. The van der Waals surface area contributed by atoms with Crippen LogP contribution >= 0.6 is 0 Å². The molecule has 2 aromatic heterocycles. The minimum Gasteiger partial charge on any atom is -0.326 e. The predicted molar refractivity (Wildman–Crippen MR) is 222 cm³/mol. The predicted octanol–water partition coefficient (Wildman–Crippen LogP) is 10.6. The molecule has 1 saturated carbocycles. The van der Waals surface area contributed by atoms with Crippen LogP contribution in [0.4, 0.5) is 5.69 Å². The maximum Gasteiger partial charge on any atom is 0.255 e. The standard InChI is InChI=1S/C32H37N3O2.C13H28N2.H2/c1-20(2)24-13-8-14-25(21(3)4)30(24)34-28(36)17-9-15-27-29(23-12-7-11-22(5)19-23)26-16-10-18-33-31(26)35(6)32(27)37;1-3-13(15-14-2)11-6-4-5-8-12-9-7-10-12;/h7-8,10-14,16,18-21H,9,15,17H2,1-6H3,(H,34,36);12-15H,3-11H2,1-2H3;1H. The van der Waals surface area contributed by atoms with Crippen LogP contribution < -0.4 is 21.7 Å². The second kappa shape index (κ2) is 20.4. The van der Waals surface area contributed by atoms with Gasteiger partial charge in [-0.15, -0.1) is 0 Å². The zero-order valence-corrected chi connectivity index (χ0v) is 33.3. The zero-order chi connectivity index (χ0) is 37.6. The summed E-state index contributed by atoms with van der Waals surface area (Å²) in [4.78, 5) is 31.1. The number of carbonyl (C=O) groups excluding carboxylic acids is 1. The third-order valence-electron chi connectivity index (χ3n) is 10.7. The van der Waals surface area contributed by atoms with Crippen molar-refractivity contribution in [1.29, 1.82) is 0 Å². The SMILES string of the molecule is CCC(CCCCCC1CCC1)NNC.Cc1cccc(-c2c(CCCC(=O)Nc3c(C(C)C)cccc3C(C)C)c(=O)n(C)c3ncccc23)c1.[HH]. The lowest BCUT2D eigenvalue weighted by Crippen LogP contribution is -2.37. The van der Waals surface area contributed by atoms with Gasteiger partial charge in [-0.3, -0.25) is 25.0 Å². The number of amides is 1. The molecule has 1 aliphatic rings. The van der Waals surface area contributed by atoms with Crippen molar-refractivity contribution in [3.8, 4) is 11.1 Å². The first kappa shape index (κ1) is 41.0. The molecule has 7 heteroatoms. The molecule has 2 aromatic carbocycles. The van der Waals surface area contributed by atoms with Gasteiger partial charge in [-0.25, -0.2) is 4.98 Å². The molecule has 1 atom stereocenters. The highest BCUT2D eigenvalue weighted by Gasteiger charge is 2.20. The van der Waals surface area contributed by atoms with Crippen LogP contribution in [0, 0.1) is 12.8 Å². The van der Waals surface area contributed by atoms with Crippen LogP contribution in [0.2, 0.25) is 0 Å². The van der Waals surface area contributed by atoms with E-state index in [4.69, 9.17) is 0 Å². The molecule has 1 fully saturated rings. The molecule has 1 unspecified atom stereocenters. The molecular formula is C45H67N5O2. The van der Waals surface area contributed by atoms with E-state index in [1.807, 2.05) is 31.3 Å². The highest BCUT2D eigenvalue weighted by atomic mass is 16.1. The van der Waals surface area contributed by atoms with Gasteiger partial charge in [0, 0.05) is 49.3 Å². The molecule has 1 amide bonds. The molecule has 4 aromatic rings. The second-order valence-electron chi connectivity index (χ2n) is 15.4. The number of pyridine rings is 2. The van der Waals surface area contributed by atoms with E-state index in [2.05, 4.69) is 93.0 Å². The molecule has 0 bridgehead atoms. The Bertz CT molecular complexity index is 1770. The Morgan fingerprint density at radius 2 is 1.67 bits per heavy atom. The van der Waals surface area contributed by atoms with Crippen molar-refractivity contribution >= 4 is 22.6 Å². The first-order valence-corrected chi connectivity index (χ1v) is 19.9. The molecule has 5 rings (SSSR count). The molecule has 2 heterocycles. The largest absolute Gasteiger partial charge is 0.326 e. The molecule has 0 aliphatic heterocycles. The summed E-state index contributed by atoms with van der Waals surface area (Å²) in [5, 5.41) is 4.15. The Hall–Kier alpha value is -3.81. The van der Waals surface area contributed by atoms with Gasteiger partial charge in [-0.1, -0.05) is 128 Å². The van der Waals surface area contributed by atoms with Crippen LogP contribution in [-0.4, -0.2) is 28.5 Å². The molecule has 0 spiro atoms. The van der Waals surface area contributed by atoms with Gasteiger partial charge < -0.3 is 5.32 Å². The van der Waals surface area contributed by atoms with E-state index in [9.17, 15) is 9.59 Å². The lowest BCUT2D eigenvalue weighted by atomic mass is 9.81. The number of fused-ring (bicyclic) bond motifs is 1. The van der Waals surface area contributed by atoms with Crippen LogP contribution in [0.3, 0.4) is 0 Å². The average molecular weight is 710 g/mol. The van der Waals surface area contributed by atoms with Gasteiger partial charge in [0.05, 0.1) is 0 Å². The van der Waals surface area contributed by atoms with Gasteiger partial charge in [0.1, 0.15) is 5.65 Å². The first-order chi connectivity index (χ1) is 25.0. The Kier molecular flexibility index (Phi) is 16.1. The fraction of sp³-hybridized carbons (Fsp3) is 0.533. The van der Waals surface area contributed by atoms with E-state index < -0.39 is 0 Å². The van der Waals surface area contributed by atoms with E-state index in [0.717, 1.165) is 50.4 Å². The summed E-state index contributed by atoms with van der Waals surface area (Å²) in [7, 11) is 3.73. The monoisotopic (exact) mass is 710 g/mol. The van der Waals surface area contributed by atoms with Gasteiger partial charge in [0.15, 0.2) is 0 Å². The zero-order valence-electron chi connectivity index (χ0n) is 33.3. The van der Waals surface area contributed by atoms with Crippen molar-refractivity contribution in [3.63, 3.8) is 0 Å². The Morgan fingerprint density at radius 1 is 0.962 bits per heavy atom. The smallest absolute Gasteiger partial charge is 0.255 e. The number of nitrogens with zero attached hydrogens (tertiary/aromatic N) is 2. The number of benzene rings is 2. The number of aryl methyl sites for hydroxylation is 2. The molecule has 0 saturated heterocycles. The number of unbranched alkanes of at least 4 members (excludes halogenated alkanes) is 2. The number of aromatic nitrogens is 2. The van der Waals surface area contributed by atoms with Gasteiger partial charge in [0.25, 0.3) is 5.56 Å². The Morgan fingerprint density at radius 3 is 2.29 bits per heavy atom. The average Bonchev–Trinajstić information content (AvgIpc) is 3.10. The lowest BCUT2D eigenvalue weighted by molar-refractivity contribution is -0.116. The molecule has 284 valence electrons. The van der Waals surface area contributed by atoms with E-state index in [1.54, 1.807) is 17.8 Å². The number of carbonyl (C=O) groups is 1. The molecule has 0 radical (unpaired) electrons. The molecule has 7 nitrogen and oxygen atoms in total. The van der Waals surface area contributed by atoms with Crippen molar-refractivity contribution in [2.75, 3.05) is 12.4 Å². The fourth-order valence-corrected chi connectivity index (χ4v) is 7.48. The second-order valence-corrected chi connectivity index (χ2v) is 15.4. The number of hydrogen-bond donors (Lipinski definition) is 3. The van der Waals surface area contributed by atoms with Crippen molar-refractivity contribution in [2.45, 2.75) is 136 Å². The minimum absolute atomic E-state index is 0. The number of rotatable bonds is 17. The summed E-state index contributed by atoms with van der Waals surface area (Å²) in [6.45, 7) is 12.9. The first-order valence-electron chi connectivity index (χ1n) is 19.9. The van der Waals surface area contributed by atoms with Gasteiger partial charge >= 0.3 is 0 Å². The van der Waals surface area contributed by atoms with Crippen molar-refractivity contribution in [1.82, 2.24) is 20.4 Å². The normalized spacial score (nSPS) is 13.6. The van der Waals surface area contributed by atoms with E-state index in [1.165, 1.54) is 57.8 Å². The number of hydrazine groups is 1. The van der Waals surface area contributed by atoms with Crippen molar-refractivity contribution < 1.29 is 6.22 Å². The fourth-order valence-electron chi connectivity index (χ4n) is 7.48. The summed E-state index contributed by atoms with van der Waals surface area (Å²) in [6.07, 6.45) is 16.0. The summed E-state index contributed by atoms with van der Waals surface area (Å²) >= 11 is 0. The van der Waals surface area contributed by atoms with Gasteiger partial charge in [-0.05, 0) is 86.2 Å². The molecular weight excluding hydrogens is 643 g/mol. The minimum atomic E-state index is -0.0599. The number of nitrogens with one attached hydrogen (secondary N) is 3. The molecule has 52 heavy (non-hydrogen) atoms. The highest BCUT2D eigenvalue weighted by Crippen LogP contribution is 2.34. The van der Waals surface area contributed by atoms with E-state index in [0.29, 0.717) is 42.8 Å². The third kappa shape index (κ3) is 11.1. The van der Waals surface area contributed by atoms with E-state index in [-0.39, 0.29) is 12.9 Å².